The van der Waals surface area contributed by atoms with Crippen molar-refractivity contribution in [1.29, 1.82) is 0 Å². The van der Waals surface area contributed by atoms with Crippen LogP contribution >= 0.6 is 0 Å². The zero-order valence-electron chi connectivity index (χ0n) is 16.7. The normalized spacial score (nSPS) is 31.2. The zero-order valence-corrected chi connectivity index (χ0v) is 16.7. The highest BCUT2D eigenvalue weighted by Crippen LogP contribution is 2.54. The van der Waals surface area contributed by atoms with Crippen LogP contribution in [-0.2, 0) is 24.7 Å². The van der Waals surface area contributed by atoms with Crippen LogP contribution < -0.4 is 10.6 Å². The van der Waals surface area contributed by atoms with E-state index < -0.39 is 29.4 Å². The van der Waals surface area contributed by atoms with Crippen LogP contribution in [0.4, 0.5) is 5.69 Å². The molecule has 0 radical (unpaired) electrons. The summed E-state index contributed by atoms with van der Waals surface area (Å²) in [5, 5.41) is 15.2. The van der Waals surface area contributed by atoms with Gasteiger partial charge in [-0.25, -0.2) is 0 Å². The molecule has 5 atom stereocenters. The van der Waals surface area contributed by atoms with Crippen molar-refractivity contribution in [2.24, 2.45) is 11.8 Å². The number of imide groups is 1. The molecule has 0 bridgehead atoms. The van der Waals surface area contributed by atoms with Crippen molar-refractivity contribution in [1.82, 2.24) is 10.2 Å². The number of anilines is 1. The molecule has 3 heterocycles. The van der Waals surface area contributed by atoms with Gasteiger partial charge in [0.1, 0.15) is 5.54 Å². The van der Waals surface area contributed by atoms with Crippen LogP contribution in [0.5, 0.6) is 0 Å². The first kappa shape index (κ1) is 19.6. The van der Waals surface area contributed by atoms with Gasteiger partial charge in [0.25, 0.3) is 0 Å². The summed E-state index contributed by atoms with van der Waals surface area (Å²) in [4.78, 5) is 52.4. The maximum Gasteiger partial charge on any atom is 0.303 e. The number of benzene rings is 1. The van der Waals surface area contributed by atoms with Gasteiger partial charge < -0.3 is 10.4 Å². The maximum absolute atomic E-state index is 13.5. The van der Waals surface area contributed by atoms with Crippen LogP contribution in [0.15, 0.2) is 18.2 Å². The van der Waals surface area contributed by atoms with Crippen molar-refractivity contribution < 1.29 is 24.3 Å². The molecule has 8 heteroatoms. The Morgan fingerprint density at radius 2 is 2.00 bits per heavy atom. The molecule has 0 saturated carbocycles. The number of amides is 3. The van der Waals surface area contributed by atoms with Gasteiger partial charge in [-0.1, -0.05) is 24.6 Å². The van der Waals surface area contributed by atoms with E-state index in [0.717, 1.165) is 5.56 Å². The summed E-state index contributed by atoms with van der Waals surface area (Å²) in [6.45, 7) is 5.62. The lowest BCUT2D eigenvalue weighted by atomic mass is 9.76. The van der Waals surface area contributed by atoms with Crippen LogP contribution in [0.25, 0.3) is 0 Å². The summed E-state index contributed by atoms with van der Waals surface area (Å²) >= 11 is 0. The average molecular weight is 399 g/mol. The Balaban J connectivity index is 1.85. The fourth-order valence-electron chi connectivity index (χ4n) is 5.08. The van der Waals surface area contributed by atoms with Gasteiger partial charge in [-0.3, -0.25) is 29.4 Å². The number of hydrogen-bond donors (Lipinski definition) is 3. The highest BCUT2D eigenvalue weighted by atomic mass is 16.4. The predicted octanol–water partition coefficient (Wildman–Crippen LogP) is 1.38. The van der Waals surface area contributed by atoms with E-state index in [4.69, 9.17) is 5.11 Å². The Morgan fingerprint density at radius 3 is 2.66 bits per heavy atom. The molecule has 1 aromatic rings. The van der Waals surface area contributed by atoms with Gasteiger partial charge in [0.2, 0.25) is 17.7 Å². The van der Waals surface area contributed by atoms with E-state index in [9.17, 15) is 19.2 Å². The minimum absolute atomic E-state index is 0.149. The number of aryl methyl sites for hydroxylation is 1. The number of nitrogens with zero attached hydrogens (tertiary/aromatic N) is 1. The maximum atomic E-state index is 13.5. The van der Waals surface area contributed by atoms with Crippen molar-refractivity contribution in [2.45, 2.75) is 57.7 Å². The molecule has 0 aliphatic carbocycles. The molecule has 29 heavy (non-hydrogen) atoms. The van der Waals surface area contributed by atoms with E-state index in [1.165, 1.54) is 4.90 Å². The number of hydrogen-bond acceptors (Lipinski definition) is 5. The minimum Gasteiger partial charge on any atom is -0.481 e. The Kier molecular flexibility index (Phi) is 4.49. The van der Waals surface area contributed by atoms with Crippen molar-refractivity contribution in [3.8, 4) is 0 Å². The molecule has 4 rings (SSSR count). The van der Waals surface area contributed by atoms with E-state index in [1.54, 1.807) is 6.07 Å². The first-order valence-electron chi connectivity index (χ1n) is 10.0. The number of likely N-dealkylation sites (tertiary alicyclic amines) is 1. The molecule has 2 fully saturated rings. The number of nitrogens with one attached hydrogen (secondary N) is 2. The fourth-order valence-corrected chi connectivity index (χ4v) is 5.08. The van der Waals surface area contributed by atoms with Gasteiger partial charge in [-0.05, 0) is 32.8 Å². The third kappa shape index (κ3) is 2.62. The van der Waals surface area contributed by atoms with Crippen molar-refractivity contribution in [2.75, 3.05) is 5.32 Å². The van der Waals surface area contributed by atoms with Gasteiger partial charge in [-0.15, -0.1) is 0 Å². The minimum atomic E-state index is -1.36. The third-order valence-electron chi connectivity index (χ3n) is 6.61. The number of carbonyl (C=O) groups is 4. The standard InChI is InChI=1S/C21H25N3O5/c1-4-11(3)24-18(27)16-14(7-8-15(25)26)23-21(17(16)19(24)28)12-9-10(2)5-6-13(12)22-20(21)29/h5-6,9,11,14,16-17,23H,4,7-8H2,1-3H3,(H,22,29)(H,25,26). The largest absolute Gasteiger partial charge is 0.481 e. The SMILES string of the molecule is CCC(C)N1C(=O)C2C(CCC(=O)O)NC3(C(=O)Nc4ccc(C)cc43)C2C1=O. The molecule has 8 nitrogen and oxygen atoms in total. The van der Waals surface area contributed by atoms with Gasteiger partial charge in [-0.2, -0.15) is 0 Å². The lowest BCUT2D eigenvalue weighted by Crippen LogP contribution is -2.54. The highest BCUT2D eigenvalue weighted by molar-refractivity contribution is 6.15. The molecular weight excluding hydrogens is 374 g/mol. The summed E-state index contributed by atoms with van der Waals surface area (Å²) in [6, 6.07) is 4.69. The zero-order chi connectivity index (χ0) is 21.1. The van der Waals surface area contributed by atoms with Crippen LogP contribution in [-0.4, -0.2) is 45.8 Å². The number of fused-ring (bicyclic) bond motifs is 4. The lowest BCUT2D eigenvalue weighted by molar-refractivity contribution is -0.145. The summed E-state index contributed by atoms with van der Waals surface area (Å²) in [7, 11) is 0. The van der Waals surface area contributed by atoms with Crippen molar-refractivity contribution in [3.63, 3.8) is 0 Å². The Bertz CT molecular complexity index is 929. The first-order valence-corrected chi connectivity index (χ1v) is 10.0. The van der Waals surface area contributed by atoms with Gasteiger partial charge >= 0.3 is 5.97 Å². The number of aliphatic carboxylic acids is 1. The summed E-state index contributed by atoms with van der Waals surface area (Å²) < 4.78 is 0. The van der Waals surface area contributed by atoms with Crippen LogP contribution in [0.2, 0.25) is 0 Å². The predicted molar refractivity (Wildman–Crippen MR) is 104 cm³/mol. The van der Waals surface area contributed by atoms with Crippen LogP contribution in [0, 0.1) is 18.8 Å². The fraction of sp³-hybridized carbons (Fsp3) is 0.524. The third-order valence-corrected chi connectivity index (χ3v) is 6.61. The molecule has 1 aromatic carbocycles. The summed E-state index contributed by atoms with van der Waals surface area (Å²) in [5.74, 6) is -3.66. The molecule has 3 amide bonds. The Labute approximate surface area is 168 Å². The van der Waals surface area contributed by atoms with Crippen LogP contribution in [0.3, 0.4) is 0 Å². The van der Waals surface area contributed by atoms with Crippen molar-refractivity contribution >= 4 is 29.4 Å². The smallest absolute Gasteiger partial charge is 0.303 e. The first-order chi connectivity index (χ1) is 13.7. The molecule has 0 aromatic heterocycles. The molecular formula is C21H25N3O5. The molecule has 3 aliphatic rings. The second kappa shape index (κ2) is 6.66. The van der Waals surface area contributed by atoms with Crippen molar-refractivity contribution in [3.05, 3.63) is 29.3 Å². The van der Waals surface area contributed by atoms with Gasteiger partial charge in [0.15, 0.2) is 0 Å². The Hall–Kier alpha value is -2.74. The Morgan fingerprint density at radius 1 is 1.28 bits per heavy atom. The van der Waals surface area contributed by atoms with E-state index in [1.807, 2.05) is 32.9 Å². The number of rotatable bonds is 5. The quantitative estimate of drug-likeness (QED) is 0.644. The second-order valence-corrected chi connectivity index (χ2v) is 8.30. The summed E-state index contributed by atoms with van der Waals surface area (Å²) in [6.07, 6.45) is 0.628. The number of carboxylic acid groups (broad SMARTS) is 1. The van der Waals surface area contributed by atoms with E-state index in [2.05, 4.69) is 10.6 Å². The topological polar surface area (TPSA) is 116 Å². The van der Waals surface area contributed by atoms with Gasteiger partial charge in [0, 0.05) is 29.8 Å². The number of carboxylic acids is 1. The van der Waals surface area contributed by atoms with E-state index >= 15 is 0 Å². The molecule has 5 unspecified atom stereocenters. The monoisotopic (exact) mass is 399 g/mol. The van der Waals surface area contributed by atoms with E-state index in [-0.39, 0.29) is 36.6 Å². The molecule has 1 spiro atoms. The highest BCUT2D eigenvalue weighted by Gasteiger charge is 2.70. The van der Waals surface area contributed by atoms with E-state index in [0.29, 0.717) is 17.7 Å². The second-order valence-electron chi connectivity index (χ2n) is 8.30. The molecule has 154 valence electrons. The van der Waals surface area contributed by atoms with Gasteiger partial charge in [0.05, 0.1) is 11.8 Å². The lowest BCUT2D eigenvalue weighted by Gasteiger charge is -2.31. The van der Waals surface area contributed by atoms with Crippen LogP contribution in [0.1, 0.15) is 44.2 Å². The molecule has 3 N–H and O–H groups in total. The number of carbonyl (C=O) groups excluding carboxylic acids is 3. The summed E-state index contributed by atoms with van der Waals surface area (Å²) in [5.41, 5.74) is 0.849. The average Bonchev–Trinajstić information content (AvgIpc) is 3.25. The molecule has 2 saturated heterocycles. The molecule has 3 aliphatic heterocycles.